The monoisotopic (exact) mass is 264 g/mol. The van der Waals surface area contributed by atoms with E-state index in [9.17, 15) is 0 Å². The molecule has 1 aliphatic heterocycles. The Balaban J connectivity index is 1.40. The molecule has 0 aromatic rings. The zero-order valence-corrected chi connectivity index (χ0v) is 12.7. The van der Waals surface area contributed by atoms with E-state index in [2.05, 4.69) is 17.1 Å². The highest BCUT2D eigenvalue weighted by Gasteiger charge is 2.35. The largest absolute Gasteiger partial charge is 0.310 e. The maximum absolute atomic E-state index is 3.99. The fourth-order valence-corrected chi connectivity index (χ4v) is 4.27. The Bertz CT molecular complexity index is 274. The van der Waals surface area contributed by atoms with Crippen molar-refractivity contribution in [2.24, 2.45) is 5.92 Å². The number of nitrogens with one attached hydrogen (secondary N) is 1. The van der Waals surface area contributed by atoms with Crippen LogP contribution in [0.1, 0.15) is 71.1 Å². The van der Waals surface area contributed by atoms with Gasteiger partial charge in [-0.15, -0.1) is 0 Å². The minimum atomic E-state index is 0.799. The third-order valence-electron chi connectivity index (χ3n) is 5.54. The van der Waals surface area contributed by atoms with Crippen LogP contribution >= 0.6 is 0 Å². The van der Waals surface area contributed by atoms with Gasteiger partial charge in [-0.25, -0.2) is 0 Å². The Morgan fingerprint density at radius 1 is 0.947 bits per heavy atom. The van der Waals surface area contributed by atoms with Crippen LogP contribution in [0, 0.1) is 5.92 Å². The molecule has 2 saturated carbocycles. The van der Waals surface area contributed by atoms with Crippen LogP contribution in [0.15, 0.2) is 0 Å². The van der Waals surface area contributed by atoms with E-state index in [1.807, 2.05) is 0 Å². The van der Waals surface area contributed by atoms with E-state index in [4.69, 9.17) is 0 Å². The smallest absolute Gasteiger partial charge is 0.0209 e. The molecule has 3 aliphatic rings. The van der Waals surface area contributed by atoms with Gasteiger partial charge in [0.15, 0.2) is 0 Å². The number of rotatable bonds is 5. The summed E-state index contributed by atoms with van der Waals surface area (Å²) in [5.74, 6) is 1.03. The molecule has 0 amide bonds. The van der Waals surface area contributed by atoms with Gasteiger partial charge in [-0.05, 0) is 44.4 Å². The fourth-order valence-electron chi connectivity index (χ4n) is 4.27. The topological polar surface area (TPSA) is 15.3 Å². The summed E-state index contributed by atoms with van der Waals surface area (Å²) in [6.45, 7) is 5.03. The van der Waals surface area contributed by atoms with Crippen LogP contribution in [0.25, 0.3) is 0 Å². The maximum Gasteiger partial charge on any atom is 0.0209 e. The van der Waals surface area contributed by atoms with Crippen molar-refractivity contribution in [3.05, 3.63) is 0 Å². The number of likely N-dealkylation sites (tertiary alicyclic amines) is 1. The molecule has 2 aliphatic carbocycles. The highest BCUT2D eigenvalue weighted by Crippen LogP contribution is 2.31. The predicted molar refractivity (Wildman–Crippen MR) is 81.4 cm³/mol. The summed E-state index contributed by atoms with van der Waals surface area (Å²) in [7, 11) is 0. The third kappa shape index (κ3) is 3.95. The molecule has 2 nitrogen and oxygen atoms in total. The van der Waals surface area contributed by atoms with Crippen LogP contribution in [0.2, 0.25) is 0 Å². The predicted octanol–water partition coefficient (Wildman–Crippen LogP) is 3.56. The van der Waals surface area contributed by atoms with Gasteiger partial charge in [0.2, 0.25) is 0 Å². The van der Waals surface area contributed by atoms with Crippen LogP contribution in [-0.4, -0.2) is 36.1 Å². The Labute approximate surface area is 119 Å². The quantitative estimate of drug-likeness (QED) is 0.764. The second-order valence-electron chi connectivity index (χ2n) is 7.24. The highest BCUT2D eigenvalue weighted by atomic mass is 15.2. The molecule has 2 heteroatoms. The van der Waals surface area contributed by atoms with E-state index < -0.39 is 0 Å². The Morgan fingerprint density at radius 2 is 1.84 bits per heavy atom. The molecule has 3 unspecified atom stereocenters. The SMILES string of the molecule is CCCC1CCCC(NC2CCN(C3CC3)C2)CC1. The lowest BCUT2D eigenvalue weighted by atomic mass is 9.95. The van der Waals surface area contributed by atoms with Gasteiger partial charge in [0, 0.05) is 31.2 Å². The van der Waals surface area contributed by atoms with Gasteiger partial charge in [-0.2, -0.15) is 0 Å². The highest BCUT2D eigenvalue weighted by molar-refractivity contribution is 4.93. The van der Waals surface area contributed by atoms with Crippen LogP contribution in [0.3, 0.4) is 0 Å². The molecule has 0 aromatic carbocycles. The molecular formula is C17H32N2. The average Bonchev–Trinajstić information content (AvgIpc) is 3.18. The fraction of sp³-hybridized carbons (Fsp3) is 1.00. The molecular weight excluding hydrogens is 232 g/mol. The van der Waals surface area contributed by atoms with Gasteiger partial charge in [0.1, 0.15) is 0 Å². The van der Waals surface area contributed by atoms with Crippen molar-refractivity contribution in [2.45, 2.75) is 89.3 Å². The van der Waals surface area contributed by atoms with Gasteiger partial charge >= 0.3 is 0 Å². The van der Waals surface area contributed by atoms with Crippen LogP contribution in [-0.2, 0) is 0 Å². The molecule has 3 fully saturated rings. The summed E-state index contributed by atoms with van der Waals surface area (Å²) in [6, 6.07) is 2.59. The first-order valence-electron chi connectivity index (χ1n) is 8.85. The van der Waals surface area contributed by atoms with E-state index in [0.29, 0.717) is 0 Å². The van der Waals surface area contributed by atoms with Gasteiger partial charge in [0.05, 0.1) is 0 Å². The molecule has 110 valence electrons. The number of hydrogen-bond acceptors (Lipinski definition) is 2. The molecule has 1 N–H and O–H groups in total. The van der Waals surface area contributed by atoms with E-state index >= 15 is 0 Å². The zero-order chi connectivity index (χ0) is 13.1. The minimum Gasteiger partial charge on any atom is -0.310 e. The van der Waals surface area contributed by atoms with Crippen molar-refractivity contribution in [3.8, 4) is 0 Å². The summed E-state index contributed by atoms with van der Waals surface area (Å²) in [4.78, 5) is 2.73. The maximum atomic E-state index is 3.99. The normalized spacial score (nSPS) is 37.4. The molecule has 1 saturated heterocycles. The summed E-state index contributed by atoms with van der Waals surface area (Å²) < 4.78 is 0. The van der Waals surface area contributed by atoms with Crippen LogP contribution in [0.5, 0.6) is 0 Å². The Morgan fingerprint density at radius 3 is 2.63 bits per heavy atom. The summed E-state index contributed by atoms with van der Waals surface area (Å²) >= 11 is 0. The van der Waals surface area contributed by atoms with Crippen molar-refractivity contribution in [2.75, 3.05) is 13.1 Å². The molecule has 0 radical (unpaired) electrons. The lowest BCUT2D eigenvalue weighted by molar-refractivity contribution is 0.307. The van der Waals surface area contributed by atoms with E-state index in [-0.39, 0.29) is 0 Å². The summed E-state index contributed by atoms with van der Waals surface area (Å²) in [5, 5.41) is 3.99. The standard InChI is InChI=1S/C17H32N2/c1-2-4-14-5-3-6-15(8-7-14)18-16-11-12-19(13-16)17-9-10-17/h14-18H,2-13H2,1H3. The summed E-state index contributed by atoms with van der Waals surface area (Å²) in [5.41, 5.74) is 0. The lowest BCUT2D eigenvalue weighted by Gasteiger charge is -2.22. The Kier molecular flexibility index (Phi) is 4.81. The zero-order valence-electron chi connectivity index (χ0n) is 12.7. The first kappa shape index (κ1) is 13.9. The van der Waals surface area contributed by atoms with Crippen molar-refractivity contribution in [1.29, 1.82) is 0 Å². The van der Waals surface area contributed by atoms with Crippen molar-refractivity contribution in [1.82, 2.24) is 10.2 Å². The van der Waals surface area contributed by atoms with Crippen LogP contribution < -0.4 is 5.32 Å². The second kappa shape index (κ2) is 6.58. The van der Waals surface area contributed by atoms with Crippen molar-refractivity contribution < 1.29 is 0 Å². The van der Waals surface area contributed by atoms with Gasteiger partial charge < -0.3 is 5.32 Å². The van der Waals surface area contributed by atoms with E-state index in [1.54, 1.807) is 0 Å². The number of hydrogen-bond donors (Lipinski definition) is 1. The molecule has 0 spiro atoms. The van der Waals surface area contributed by atoms with Crippen LogP contribution in [0.4, 0.5) is 0 Å². The third-order valence-corrected chi connectivity index (χ3v) is 5.54. The second-order valence-corrected chi connectivity index (χ2v) is 7.24. The van der Waals surface area contributed by atoms with Gasteiger partial charge in [-0.1, -0.05) is 32.6 Å². The molecule has 0 bridgehead atoms. The Hall–Kier alpha value is -0.0800. The van der Waals surface area contributed by atoms with Gasteiger partial charge in [-0.3, -0.25) is 4.90 Å². The van der Waals surface area contributed by atoms with Crippen molar-refractivity contribution in [3.63, 3.8) is 0 Å². The molecule has 0 aromatic heterocycles. The van der Waals surface area contributed by atoms with E-state index in [0.717, 1.165) is 24.0 Å². The summed E-state index contributed by atoms with van der Waals surface area (Å²) in [6.07, 6.45) is 14.5. The first-order chi connectivity index (χ1) is 9.35. The molecule has 1 heterocycles. The molecule has 19 heavy (non-hydrogen) atoms. The number of nitrogens with zero attached hydrogens (tertiary/aromatic N) is 1. The first-order valence-corrected chi connectivity index (χ1v) is 8.85. The van der Waals surface area contributed by atoms with Crippen molar-refractivity contribution >= 4 is 0 Å². The van der Waals surface area contributed by atoms with Gasteiger partial charge in [0.25, 0.3) is 0 Å². The lowest BCUT2D eigenvalue weighted by Crippen LogP contribution is -2.40. The molecule has 3 rings (SSSR count). The minimum absolute atomic E-state index is 0.799. The van der Waals surface area contributed by atoms with E-state index in [1.165, 1.54) is 77.3 Å². The molecule has 3 atom stereocenters. The average molecular weight is 264 g/mol.